The van der Waals surface area contributed by atoms with Gasteiger partial charge < -0.3 is 10.2 Å². The monoisotopic (exact) mass is 218 g/mol. The second kappa shape index (κ2) is 4.11. The maximum absolute atomic E-state index is 11.1. The van der Waals surface area contributed by atoms with Crippen LogP contribution in [0.25, 0.3) is 0 Å². The van der Waals surface area contributed by atoms with Crippen molar-refractivity contribution in [3.05, 3.63) is 0 Å². The molecule has 0 radical (unpaired) electrons. The molecule has 3 atom stereocenters. The molecular weight excluding hydrogens is 200 g/mol. The van der Waals surface area contributed by atoms with Gasteiger partial charge >= 0.3 is 5.97 Å². The fourth-order valence-electron chi connectivity index (χ4n) is 2.23. The van der Waals surface area contributed by atoms with Gasteiger partial charge in [-0.1, -0.05) is 20.8 Å². The minimum Gasteiger partial charge on any atom is -0.481 e. The van der Waals surface area contributed by atoms with Gasteiger partial charge in [-0.3, -0.25) is 4.79 Å². The van der Waals surface area contributed by atoms with Crippen molar-refractivity contribution in [2.24, 2.45) is 11.8 Å². The standard InChI is InChI=1S/C10H18O3S/c1-6(2)8(9(11)12)10(13)4-5-14-7(10)3/h6-8,13H,4-5H2,1-3H3,(H,11,12). The van der Waals surface area contributed by atoms with Gasteiger partial charge in [-0.2, -0.15) is 11.8 Å². The molecule has 1 aliphatic rings. The summed E-state index contributed by atoms with van der Waals surface area (Å²) in [5, 5.41) is 19.5. The number of carboxylic acid groups (broad SMARTS) is 1. The Balaban J connectivity index is 2.91. The summed E-state index contributed by atoms with van der Waals surface area (Å²) in [4.78, 5) is 11.1. The van der Waals surface area contributed by atoms with Crippen molar-refractivity contribution in [3.63, 3.8) is 0 Å². The summed E-state index contributed by atoms with van der Waals surface area (Å²) in [5.41, 5.74) is -1.02. The summed E-state index contributed by atoms with van der Waals surface area (Å²) in [5.74, 6) is -0.697. The van der Waals surface area contributed by atoms with E-state index >= 15 is 0 Å². The van der Waals surface area contributed by atoms with E-state index in [1.807, 2.05) is 20.8 Å². The van der Waals surface area contributed by atoms with E-state index in [1.54, 1.807) is 11.8 Å². The van der Waals surface area contributed by atoms with Crippen molar-refractivity contribution in [2.45, 2.75) is 38.0 Å². The van der Waals surface area contributed by atoms with Gasteiger partial charge in [0.05, 0.1) is 11.5 Å². The van der Waals surface area contributed by atoms with Gasteiger partial charge in [0, 0.05) is 5.25 Å². The van der Waals surface area contributed by atoms with Crippen LogP contribution in [0.2, 0.25) is 0 Å². The number of carbonyl (C=O) groups is 1. The highest BCUT2D eigenvalue weighted by atomic mass is 32.2. The van der Waals surface area contributed by atoms with Gasteiger partial charge in [0.1, 0.15) is 0 Å². The molecule has 0 aromatic rings. The highest BCUT2D eigenvalue weighted by Crippen LogP contribution is 2.43. The van der Waals surface area contributed by atoms with E-state index in [0.29, 0.717) is 6.42 Å². The smallest absolute Gasteiger partial charge is 0.309 e. The molecule has 3 nitrogen and oxygen atoms in total. The molecule has 14 heavy (non-hydrogen) atoms. The lowest BCUT2D eigenvalue weighted by atomic mass is 9.76. The molecule has 0 saturated carbocycles. The maximum atomic E-state index is 11.1. The van der Waals surface area contributed by atoms with Gasteiger partial charge in [-0.15, -0.1) is 0 Å². The summed E-state index contributed by atoms with van der Waals surface area (Å²) < 4.78 is 0. The van der Waals surface area contributed by atoms with Gasteiger partial charge in [0.2, 0.25) is 0 Å². The molecule has 0 aliphatic carbocycles. The third-order valence-electron chi connectivity index (χ3n) is 3.05. The Kier molecular flexibility index (Phi) is 3.48. The van der Waals surface area contributed by atoms with E-state index in [2.05, 4.69) is 0 Å². The zero-order valence-electron chi connectivity index (χ0n) is 8.86. The minimum atomic E-state index is -1.02. The topological polar surface area (TPSA) is 57.5 Å². The molecule has 0 spiro atoms. The van der Waals surface area contributed by atoms with E-state index in [9.17, 15) is 9.90 Å². The first-order valence-corrected chi connectivity index (χ1v) is 6.01. The number of carboxylic acids is 1. The second-order valence-corrected chi connectivity index (χ2v) is 5.76. The number of thioether (sulfide) groups is 1. The highest BCUT2D eigenvalue weighted by molar-refractivity contribution is 8.00. The Hall–Kier alpha value is -0.220. The number of aliphatic carboxylic acids is 1. The number of rotatable bonds is 3. The van der Waals surface area contributed by atoms with Crippen molar-refractivity contribution >= 4 is 17.7 Å². The van der Waals surface area contributed by atoms with Crippen LogP contribution >= 0.6 is 11.8 Å². The predicted octanol–water partition coefficient (Wildman–Crippen LogP) is 1.60. The molecule has 0 aromatic heterocycles. The summed E-state index contributed by atoms with van der Waals surface area (Å²) >= 11 is 1.65. The molecule has 1 fully saturated rings. The van der Waals surface area contributed by atoms with Gasteiger partial charge in [0.15, 0.2) is 0 Å². The number of aliphatic hydroxyl groups is 1. The third-order valence-corrected chi connectivity index (χ3v) is 4.39. The molecular formula is C10H18O3S. The Morgan fingerprint density at radius 1 is 1.57 bits per heavy atom. The largest absolute Gasteiger partial charge is 0.481 e. The van der Waals surface area contributed by atoms with Crippen molar-refractivity contribution in [1.82, 2.24) is 0 Å². The lowest BCUT2D eigenvalue weighted by Gasteiger charge is -2.35. The fraction of sp³-hybridized carbons (Fsp3) is 0.900. The molecule has 0 amide bonds. The number of hydrogen-bond acceptors (Lipinski definition) is 3. The lowest BCUT2D eigenvalue weighted by molar-refractivity contribution is -0.155. The van der Waals surface area contributed by atoms with Crippen LogP contribution in [0.15, 0.2) is 0 Å². The SMILES string of the molecule is CC(C)C(C(=O)O)C1(O)CCSC1C. The summed E-state index contributed by atoms with van der Waals surface area (Å²) in [7, 11) is 0. The Labute approximate surface area is 88.9 Å². The predicted molar refractivity (Wildman–Crippen MR) is 57.5 cm³/mol. The summed E-state index contributed by atoms with van der Waals surface area (Å²) in [6, 6.07) is 0. The van der Waals surface area contributed by atoms with Crippen molar-refractivity contribution in [1.29, 1.82) is 0 Å². The van der Waals surface area contributed by atoms with E-state index in [1.165, 1.54) is 0 Å². The van der Waals surface area contributed by atoms with Crippen LogP contribution in [0.1, 0.15) is 27.2 Å². The maximum Gasteiger partial charge on any atom is 0.309 e. The first-order valence-electron chi connectivity index (χ1n) is 4.96. The Morgan fingerprint density at radius 3 is 2.43 bits per heavy atom. The van der Waals surface area contributed by atoms with E-state index < -0.39 is 17.5 Å². The summed E-state index contributed by atoms with van der Waals surface area (Å²) in [6.07, 6.45) is 0.591. The number of hydrogen-bond donors (Lipinski definition) is 2. The van der Waals surface area contributed by atoms with E-state index in [-0.39, 0.29) is 11.2 Å². The molecule has 1 heterocycles. The molecule has 82 valence electrons. The van der Waals surface area contributed by atoms with Crippen LogP contribution in [0, 0.1) is 11.8 Å². The van der Waals surface area contributed by atoms with Crippen LogP contribution in [0.5, 0.6) is 0 Å². The third kappa shape index (κ3) is 1.91. The molecule has 1 rings (SSSR count). The minimum absolute atomic E-state index is 0.0194. The van der Waals surface area contributed by atoms with Gasteiger partial charge in [-0.05, 0) is 18.1 Å². The molecule has 1 saturated heterocycles. The van der Waals surface area contributed by atoms with Crippen LogP contribution in [-0.4, -0.2) is 32.8 Å². The molecule has 3 unspecified atom stereocenters. The van der Waals surface area contributed by atoms with Crippen LogP contribution in [-0.2, 0) is 4.79 Å². The Bertz CT molecular complexity index is 229. The molecule has 0 aromatic carbocycles. The van der Waals surface area contributed by atoms with Gasteiger partial charge in [0.25, 0.3) is 0 Å². The van der Waals surface area contributed by atoms with E-state index in [0.717, 1.165) is 5.75 Å². The zero-order valence-corrected chi connectivity index (χ0v) is 9.67. The quantitative estimate of drug-likeness (QED) is 0.755. The zero-order chi connectivity index (χ0) is 10.9. The fourth-order valence-corrected chi connectivity index (χ4v) is 3.58. The van der Waals surface area contributed by atoms with Crippen molar-refractivity contribution < 1.29 is 15.0 Å². The molecule has 2 N–H and O–H groups in total. The van der Waals surface area contributed by atoms with Gasteiger partial charge in [-0.25, -0.2) is 0 Å². The molecule has 4 heteroatoms. The normalized spacial score (nSPS) is 34.8. The first-order chi connectivity index (χ1) is 6.39. The summed E-state index contributed by atoms with van der Waals surface area (Å²) in [6.45, 7) is 5.62. The van der Waals surface area contributed by atoms with Crippen molar-refractivity contribution in [2.75, 3.05) is 5.75 Å². The highest BCUT2D eigenvalue weighted by Gasteiger charge is 2.50. The Morgan fingerprint density at radius 2 is 2.14 bits per heavy atom. The lowest BCUT2D eigenvalue weighted by Crippen LogP contribution is -2.49. The molecule has 1 aliphatic heterocycles. The van der Waals surface area contributed by atoms with Crippen molar-refractivity contribution in [3.8, 4) is 0 Å². The van der Waals surface area contributed by atoms with E-state index in [4.69, 9.17) is 5.11 Å². The average Bonchev–Trinajstić information content (AvgIpc) is 2.30. The van der Waals surface area contributed by atoms with Crippen LogP contribution < -0.4 is 0 Å². The average molecular weight is 218 g/mol. The van der Waals surface area contributed by atoms with Crippen LogP contribution in [0.4, 0.5) is 0 Å². The second-order valence-electron chi connectivity index (χ2n) is 4.31. The first kappa shape index (κ1) is 11.9. The van der Waals surface area contributed by atoms with Crippen LogP contribution in [0.3, 0.4) is 0 Å². The molecule has 0 bridgehead atoms.